The zero-order valence-corrected chi connectivity index (χ0v) is 18.7. The lowest BCUT2D eigenvalue weighted by molar-refractivity contribution is -0.117. The molecule has 33 heavy (non-hydrogen) atoms. The molecule has 0 saturated heterocycles. The Hall–Kier alpha value is -4.26. The molecule has 0 aliphatic rings. The van der Waals surface area contributed by atoms with Crippen molar-refractivity contribution in [1.29, 1.82) is 0 Å². The number of H-pyrrole nitrogens is 1. The summed E-state index contributed by atoms with van der Waals surface area (Å²) in [5, 5.41) is 3.45. The van der Waals surface area contributed by atoms with Crippen LogP contribution in [0.1, 0.15) is 35.5 Å². The van der Waals surface area contributed by atoms with Crippen molar-refractivity contribution in [3.63, 3.8) is 0 Å². The Kier molecular flexibility index (Phi) is 8.07. The molecule has 7 nitrogen and oxygen atoms in total. The summed E-state index contributed by atoms with van der Waals surface area (Å²) in [5.41, 5.74) is 3.68. The average molecular weight is 443 g/mol. The number of aromatic nitrogens is 3. The van der Waals surface area contributed by atoms with Crippen molar-refractivity contribution >= 4 is 34.6 Å². The van der Waals surface area contributed by atoms with Gasteiger partial charge in [0.15, 0.2) is 0 Å². The first-order chi connectivity index (χ1) is 16.0. The summed E-state index contributed by atoms with van der Waals surface area (Å²) in [6.45, 7) is 7.76. The van der Waals surface area contributed by atoms with Crippen molar-refractivity contribution in [2.45, 2.75) is 13.8 Å². The maximum absolute atomic E-state index is 12.5. The van der Waals surface area contributed by atoms with Crippen LogP contribution in [0, 0.1) is 0 Å². The zero-order chi connectivity index (χ0) is 23.6. The number of carbonyl (C=O) groups excluding carboxylic acids is 2. The third kappa shape index (κ3) is 5.92. The van der Waals surface area contributed by atoms with Gasteiger partial charge in [0.2, 0.25) is 5.91 Å². The van der Waals surface area contributed by atoms with E-state index >= 15 is 0 Å². The molecule has 0 fully saturated rings. The summed E-state index contributed by atoms with van der Waals surface area (Å²) in [7, 11) is 0. The van der Waals surface area contributed by atoms with Crippen LogP contribution in [0.3, 0.4) is 0 Å². The van der Waals surface area contributed by atoms with Crippen LogP contribution in [0.5, 0.6) is 0 Å². The fourth-order valence-electron chi connectivity index (χ4n) is 3.22. The fraction of sp³-hybridized carbons (Fsp3) is 0.154. The highest BCUT2D eigenvalue weighted by Gasteiger charge is 2.19. The van der Waals surface area contributed by atoms with Crippen molar-refractivity contribution < 1.29 is 14.3 Å². The molecule has 0 atom stereocenters. The molecule has 0 bridgehead atoms. The largest absolute Gasteiger partial charge is 0.462 e. The molecule has 3 rings (SSSR count). The molecule has 0 aliphatic carbocycles. The lowest BCUT2D eigenvalue weighted by Gasteiger charge is -2.08. The Labute approximate surface area is 192 Å². The first kappa shape index (κ1) is 23.4. The van der Waals surface area contributed by atoms with Crippen LogP contribution in [-0.4, -0.2) is 40.0 Å². The Bertz CT molecular complexity index is 1240. The molecule has 1 aromatic carbocycles. The van der Waals surface area contributed by atoms with E-state index in [0.717, 1.165) is 5.56 Å². The van der Waals surface area contributed by atoms with E-state index in [1.807, 2.05) is 48.6 Å². The summed E-state index contributed by atoms with van der Waals surface area (Å²) in [6.07, 6.45) is 11.9. The molecular formula is C26H26N4O3. The second-order valence-electron chi connectivity index (χ2n) is 7.07. The third-order valence-electron chi connectivity index (χ3n) is 4.78. The number of esters is 1. The van der Waals surface area contributed by atoms with Gasteiger partial charge in [0.25, 0.3) is 0 Å². The Morgan fingerprint density at radius 3 is 2.73 bits per heavy atom. The van der Waals surface area contributed by atoms with E-state index in [0.29, 0.717) is 33.4 Å². The number of hydrogen-bond donors (Lipinski definition) is 2. The molecule has 0 saturated carbocycles. The average Bonchev–Trinajstić information content (AvgIpc) is 3.26. The van der Waals surface area contributed by atoms with Crippen LogP contribution in [0.4, 0.5) is 0 Å². The molecule has 0 unspecified atom stereocenters. The molecule has 7 heteroatoms. The molecular weight excluding hydrogens is 416 g/mol. The zero-order valence-electron chi connectivity index (χ0n) is 18.7. The van der Waals surface area contributed by atoms with E-state index in [4.69, 9.17) is 4.74 Å². The summed E-state index contributed by atoms with van der Waals surface area (Å²) < 4.78 is 5.17. The number of nitrogens with one attached hydrogen (secondary N) is 2. The van der Waals surface area contributed by atoms with E-state index in [9.17, 15) is 9.59 Å². The molecule has 1 amide bonds. The van der Waals surface area contributed by atoms with Crippen molar-refractivity contribution in [1.82, 2.24) is 20.3 Å². The molecule has 3 aromatic rings. The molecule has 2 heterocycles. The van der Waals surface area contributed by atoms with Gasteiger partial charge < -0.3 is 15.0 Å². The van der Waals surface area contributed by atoms with Gasteiger partial charge in [-0.1, -0.05) is 61.2 Å². The highest BCUT2D eigenvalue weighted by atomic mass is 16.5. The topological polar surface area (TPSA) is 97.0 Å². The Morgan fingerprint density at radius 2 is 2.00 bits per heavy atom. The van der Waals surface area contributed by atoms with Crippen LogP contribution in [0.2, 0.25) is 0 Å². The number of ether oxygens (including phenoxy) is 1. The highest BCUT2D eigenvalue weighted by Crippen LogP contribution is 2.26. The van der Waals surface area contributed by atoms with Gasteiger partial charge in [-0.2, -0.15) is 0 Å². The van der Waals surface area contributed by atoms with Crippen molar-refractivity contribution in [2.24, 2.45) is 0 Å². The lowest BCUT2D eigenvalue weighted by Crippen LogP contribution is -2.24. The SMILES string of the molecule is C=C/C=C\C(=C/CNC(=O)/C(C)=C/c1ccccc1)c1ncnc2[nH]cc(C(=O)OCC)c12. The van der Waals surface area contributed by atoms with Gasteiger partial charge in [0.1, 0.15) is 12.0 Å². The van der Waals surface area contributed by atoms with E-state index in [1.54, 1.807) is 32.2 Å². The van der Waals surface area contributed by atoms with Gasteiger partial charge in [-0.15, -0.1) is 0 Å². The molecule has 2 aromatic heterocycles. The molecule has 0 aliphatic heterocycles. The lowest BCUT2D eigenvalue weighted by atomic mass is 10.1. The predicted octanol–water partition coefficient (Wildman–Crippen LogP) is 4.48. The standard InChI is InChI=1S/C26H26N4O3/c1-4-6-12-20(13-14-27-25(31)18(3)15-19-10-8-7-9-11-19)23-22-21(26(32)33-5-2)16-28-24(22)30-17-29-23/h4,6-13,15-17H,1,5,14H2,2-3H3,(H,27,31)(H,28,29,30)/b12-6-,18-15+,20-13+. The van der Waals surface area contributed by atoms with Crippen LogP contribution in [-0.2, 0) is 9.53 Å². The summed E-state index contributed by atoms with van der Waals surface area (Å²) in [5.74, 6) is -0.634. The maximum Gasteiger partial charge on any atom is 0.340 e. The number of benzene rings is 1. The number of amides is 1. The number of fused-ring (bicyclic) bond motifs is 1. The van der Waals surface area contributed by atoms with Crippen LogP contribution >= 0.6 is 0 Å². The minimum absolute atomic E-state index is 0.177. The van der Waals surface area contributed by atoms with Gasteiger partial charge in [-0.3, -0.25) is 4.79 Å². The third-order valence-corrected chi connectivity index (χ3v) is 4.78. The number of hydrogen-bond acceptors (Lipinski definition) is 5. The second-order valence-corrected chi connectivity index (χ2v) is 7.07. The summed E-state index contributed by atoms with van der Waals surface area (Å²) in [4.78, 5) is 36.6. The number of rotatable bonds is 9. The van der Waals surface area contributed by atoms with Gasteiger partial charge in [-0.05, 0) is 31.1 Å². The second kappa shape index (κ2) is 11.4. The molecule has 168 valence electrons. The Balaban J connectivity index is 1.88. The molecule has 0 radical (unpaired) electrons. The van der Waals surface area contributed by atoms with E-state index in [-0.39, 0.29) is 19.1 Å². The molecule has 0 spiro atoms. The van der Waals surface area contributed by atoms with Gasteiger partial charge in [0.05, 0.1) is 23.3 Å². The number of allylic oxidation sites excluding steroid dienone is 4. The monoisotopic (exact) mass is 442 g/mol. The van der Waals surface area contributed by atoms with Crippen LogP contribution in [0.15, 0.2) is 79.3 Å². The normalized spacial score (nSPS) is 12.2. The van der Waals surface area contributed by atoms with Crippen LogP contribution < -0.4 is 5.32 Å². The first-order valence-corrected chi connectivity index (χ1v) is 10.6. The quantitative estimate of drug-likeness (QED) is 0.289. The summed E-state index contributed by atoms with van der Waals surface area (Å²) in [6, 6.07) is 9.65. The predicted molar refractivity (Wildman–Crippen MR) is 130 cm³/mol. The van der Waals surface area contributed by atoms with Gasteiger partial charge in [-0.25, -0.2) is 14.8 Å². The van der Waals surface area contributed by atoms with E-state index in [2.05, 4.69) is 26.8 Å². The van der Waals surface area contributed by atoms with E-state index in [1.165, 1.54) is 6.33 Å². The maximum atomic E-state index is 12.5. The van der Waals surface area contributed by atoms with Crippen molar-refractivity contribution in [3.8, 4) is 0 Å². The number of aromatic amines is 1. The Morgan fingerprint density at radius 1 is 1.21 bits per heavy atom. The van der Waals surface area contributed by atoms with Gasteiger partial charge >= 0.3 is 5.97 Å². The minimum Gasteiger partial charge on any atom is -0.462 e. The van der Waals surface area contributed by atoms with Crippen molar-refractivity contribution in [2.75, 3.05) is 13.2 Å². The minimum atomic E-state index is -0.457. The summed E-state index contributed by atoms with van der Waals surface area (Å²) >= 11 is 0. The number of carbonyl (C=O) groups is 2. The van der Waals surface area contributed by atoms with Gasteiger partial charge in [0, 0.05) is 18.3 Å². The van der Waals surface area contributed by atoms with Crippen LogP contribution in [0.25, 0.3) is 22.7 Å². The number of nitrogens with zero attached hydrogens (tertiary/aromatic N) is 2. The van der Waals surface area contributed by atoms with Crippen molar-refractivity contribution in [3.05, 3.63) is 96.1 Å². The fourth-order valence-corrected chi connectivity index (χ4v) is 3.22. The first-order valence-electron chi connectivity index (χ1n) is 10.6. The smallest absolute Gasteiger partial charge is 0.340 e. The highest BCUT2D eigenvalue weighted by molar-refractivity contribution is 6.07. The molecule has 2 N–H and O–H groups in total. The van der Waals surface area contributed by atoms with E-state index < -0.39 is 5.97 Å².